The molecular weight excluding hydrogens is 321 g/mol. The molecule has 1 unspecified atom stereocenters. The molecule has 0 saturated carbocycles. The minimum Gasteiger partial charge on any atom is -0.496 e. The molecule has 0 bridgehead atoms. The van der Waals surface area contributed by atoms with Gasteiger partial charge in [-0.05, 0) is 6.07 Å². The maximum atomic E-state index is 13.1. The van der Waals surface area contributed by atoms with Crippen LogP contribution in [0.25, 0.3) is 0 Å². The Morgan fingerprint density at radius 1 is 1.48 bits per heavy atom. The molecule has 1 heterocycles. The van der Waals surface area contributed by atoms with Crippen molar-refractivity contribution in [3.8, 4) is 5.75 Å². The monoisotopic (exact) mass is 335 g/mol. The highest BCUT2D eigenvalue weighted by Crippen LogP contribution is 2.26. The summed E-state index contributed by atoms with van der Waals surface area (Å²) >= 11 is 0. The van der Waals surface area contributed by atoms with Gasteiger partial charge in [-0.25, -0.2) is 12.8 Å². The highest BCUT2D eigenvalue weighted by Gasteiger charge is 2.32. The Kier molecular flexibility index (Phi) is 4.73. The van der Waals surface area contributed by atoms with Gasteiger partial charge in [-0.2, -0.15) is 0 Å². The van der Waals surface area contributed by atoms with Crippen LogP contribution < -0.4 is 4.74 Å². The van der Waals surface area contributed by atoms with E-state index in [9.17, 15) is 17.6 Å². The van der Waals surface area contributed by atoms with Crippen molar-refractivity contribution >= 4 is 25.6 Å². The number of likely N-dealkylation sites (tertiary alicyclic amines) is 1. The van der Waals surface area contributed by atoms with E-state index < -0.39 is 14.9 Å². The number of benzene rings is 1. The first-order valence-corrected chi connectivity index (χ1v) is 8.79. The summed E-state index contributed by atoms with van der Waals surface area (Å²) in [6.45, 7) is 0.562. The molecule has 0 radical (unpaired) electrons. The van der Waals surface area contributed by atoms with E-state index in [0.717, 1.165) is 0 Å². The molecule has 1 atom stereocenters. The second-order valence-electron chi connectivity index (χ2n) is 5.01. The summed E-state index contributed by atoms with van der Waals surface area (Å²) in [6.07, 6.45) is 0.148. The lowest BCUT2D eigenvalue weighted by molar-refractivity contribution is -0.128. The van der Waals surface area contributed by atoms with E-state index in [1.54, 1.807) is 6.07 Å². The molecule has 0 spiro atoms. The van der Waals surface area contributed by atoms with E-state index in [1.807, 2.05) is 0 Å². The van der Waals surface area contributed by atoms with Gasteiger partial charge in [0, 0.05) is 47.7 Å². The molecule has 1 amide bonds. The average molecular weight is 336 g/mol. The Balaban J connectivity index is 2.09. The van der Waals surface area contributed by atoms with Gasteiger partial charge in [0.25, 0.3) is 0 Å². The highest BCUT2D eigenvalue weighted by atomic mass is 35.7. The fourth-order valence-electron chi connectivity index (χ4n) is 2.45. The van der Waals surface area contributed by atoms with Gasteiger partial charge in [0.05, 0.1) is 12.9 Å². The van der Waals surface area contributed by atoms with E-state index in [0.29, 0.717) is 17.9 Å². The third kappa shape index (κ3) is 4.31. The maximum absolute atomic E-state index is 13.1. The van der Waals surface area contributed by atoms with Crippen molar-refractivity contribution in [3.63, 3.8) is 0 Å². The van der Waals surface area contributed by atoms with Crippen molar-refractivity contribution in [3.05, 3.63) is 29.6 Å². The summed E-state index contributed by atoms with van der Waals surface area (Å²) in [7, 11) is 3.01. The summed E-state index contributed by atoms with van der Waals surface area (Å²) in [5, 5.41) is 0. The van der Waals surface area contributed by atoms with Gasteiger partial charge in [-0.15, -0.1) is 0 Å². The van der Waals surface area contributed by atoms with Crippen LogP contribution in [0.15, 0.2) is 18.2 Å². The molecule has 1 saturated heterocycles. The summed E-state index contributed by atoms with van der Waals surface area (Å²) in [5.41, 5.74) is 0.668. The van der Waals surface area contributed by atoms with Gasteiger partial charge >= 0.3 is 0 Å². The third-order valence-electron chi connectivity index (χ3n) is 3.34. The van der Waals surface area contributed by atoms with Crippen LogP contribution in [-0.2, 0) is 20.4 Å². The van der Waals surface area contributed by atoms with Crippen LogP contribution >= 0.6 is 10.7 Å². The number of carbonyl (C=O) groups excluding carboxylic acids is 1. The predicted octanol–water partition coefficient (Wildman–Crippen LogP) is 1.75. The lowest BCUT2D eigenvalue weighted by Crippen LogP contribution is -2.25. The van der Waals surface area contributed by atoms with Crippen molar-refractivity contribution in [2.24, 2.45) is 5.92 Å². The third-order valence-corrected chi connectivity index (χ3v) is 4.59. The van der Waals surface area contributed by atoms with E-state index in [4.69, 9.17) is 15.4 Å². The lowest BCUT2D eigenvalue weighted by Gasteiger charge is -2.18. The number of nitrogens with zero attached hydrogens (tertiary/aromatic N) is 1. The first-order chi connectivity index (χ1) is 9.78. The molecule has 116 valence electrons. The number of halogens is 2. The minimum atomic E-state index is -3.63. The van der Waals surface area contributed by atoms with E-state index >= 15 is 0 Å². The zero-order valence-corrected chi connectivity index (χ0v) is 13.0. The van der Waals surface area contributed by atoms with Crippen molar-refractivity contribution in [2.75, 3.05) is 19.4 Å². The minimum absolute atomic E-state index is 0.147. The fraction of sp³-hybridized carbons (Fsp3) is 0.462. The summed E-state index contributed by atoms with van der Waals surface area (Å²) in [4.78, 5) is 13.4. The summed E-state index contributed by atoms with van der Waals surface area (Å²) < 4.78 is 40.4. The second kappa shape index (κ2) is 6.19. The van der Waals surface area contributed by atoms with Gasteiger partial charge in [-0.1, -0.05) is 6.07 Å². The number of amides is 1. The Morgan fingerprint density at radius 2 is 2.19 bits per heavy atom. The van der Waals surface area contributed by atoms with E-state index in [1.165, 1.54) is 24.1 Å². The van der Waals surface area contributed by atoms with Gasteiger partial charge in [-0.3, -0.25) is 4.79 Å². The SMILES string of the molecule is COc1cc(F)ccc1CN1CC(CS(=O)(=O)Cl)CC1=O. The van der Waals surface area contributed by atoms with Crippen LogP contribution in [0, 0.1) is 11.7 Å². The Hall–Kier alpha value is -1.34. The molecule has 1 aromatic carbocycles. The summed E-state index contributed by atoms with van der Waals surface area (Å²) in [6, 6.07) is 4.09. The molecule has 1 aromatic rings. The quantitative estimate of drug-likeness (QED) is 0.769. The lowest BCUT2D eigenvalue weighted by atomic mass is 10.1. The second-order valence-corrected chi connectivity index (χ2v) is 7.83. The van der Waals surface area contributed by atoms with E-state index in [2.05, 4.69) is 0 Å². The molecule has 21 heavy (non-hydrogen) atoms. The van der Waals surface area contributed by atoms with Crippen molar-refractivity contribution < 1.29 is 22.3 Å². The molecule has 1 aliphatic rings. The van der Waals surface area contributed by atoms with Crippen LogP contribution in [0.1, 0.15) is 12.0 Å². The van der Waals surface area contributed by atoms with Crippen molar-refractivity contribution in [1.82, 2.24) is 4.90 Å². The first kappa shape index (κ1) is 16.0. The van der Waals surface area contributed by atoms with Gasteiger partial charge in [0.2, 0.25) is 15.0 Å². The molecular formula is C13H15ClFNO4S. The number of carbonyl (C=O) groups is 1. The number of rotatable bonds is 5. The molecule has 8 heteroatoms. The maximum Gasteiger partial charge on any atom is 0.232 e. The molecule has 5 nitrogen and oxygen atoms in total. The largest absolute Gasteiger partial charge is 0.496 e. The highest BCUT2D eigenvalue weighted by molar-refractivity contribution is 8.13. The zero-order chi connectivity index (χ0) is 15.6. The number of hydrogen-bond acceptors (Lipinski definition) is 4. The predicted molar refractivity (Wildman–Crippen MR) is 76.1 cm³/mol. The Morgan fingerprint density at radius 3 is 2.81 bits per heavy atom. The smallest absolute Gasteiger partial charge is 0.232 e. The molecule has 0 aromatic heterocycles. The van der Waals surface area contributed by atoms with Crippen LogP contribution in [0.3, 0.4) is 0 Å². The summed E-state index contributed by atoms with van der Waals surface area (Å²) in [5.74, 6) is -0.749. The molecule has 2 rings (SSSR count). The fourth-order valence-corrected chi connectivity index (χ4v) is 3.78. The van der Waals surface area contributed by atoms with Crippen LogP contribution in [-0.4, -0.2) is 38.6 Å². The van der Waals surface area contributed by atoms with E-state index in [-0.39, 0.29) is 30.5 Å². The van der Waals surface area contributed by atoms with Gasteiger partial charge in [0.1, 0.15) is 11.6 Å². The van der Waals surface area contributed by atoms with Crippen LogP contribution in [0.5, 0.6) is 5.75 Å². The number of methoxy groups -OCH3 is 1. The molecule has 1 aliphatic heterocycles. The average Bonchev–Trinajstić information content (AvgIpc) is 2.69. The van der Waals surface area contributed by atoms with Crippen LogP contribution in [0.2, 0.25) is 0 Å². The first-order valence-electron chi connectivity index (χ1n) is 6.31. The van der Waals surface area contributed by atoms with Gasteiger partial charge in [0.15, 0.2) is 0 Å². The number of hydrogen-bond donors (Lipinski definition) is 0. The zero-order valence-electron chi connectivity index (χ0n) is 11.4. The van der Waals surface area contributed by atoms with Crippen molar-refractivity contribution in [2.45, 2.75) is 13.0 Å². The Labute approximate surface area is 127 Å². The molecule has 0 aliphatic carbocycles. The van der Waals surface area contributed by atoms with Crippen molar-refractivity contribution in [1.29, 1.82) is 0 Å². The standard InChI is InChI=1S/C13H15ClFNO4S/c1-20-12-5-11(15)3-2-10(12)7-16-6-9(4-13(16)17)8-21(14,18)19/h2-3,5,9H,4,6-8H2,1H3. The number of ether oxygens (including phenoxy) is 1. The molecule has 0 N–H and O–H groups in total. The molecule has 1 fully saturated rings. The van der Waals surface area contributed by atoms with Crippen LogP contribution in [0.4, 0.5) is 4.39 Å². The Bertz CT molecular complexity index is 650. The normalized spacial score (nSPS) is 19.1. The van der Waals surface area contributed by atoms with Gasteiger partial charge < -0.3 is 9.64 Å². The topological polar surface area (TPSA) is 63.7 Å².